The van der Waals surface area contributed by atoms with Crippen LogP contribution in [0.1, 0.15) is 22.3 Å². The van der Waals surface area contributed by atoms with E-state index < -0.39 is 5.97 Å². The van der Waals surface area contributed by atoms with E-state index in [0.29, 0.717) is 17.9 Å². The molecule has 1 aliphatic rings. The summed E-state index contributed by atoms with van der Waals surface area (Å²) in [6.45, 7) is 6.04. The van der Waals surface area contributed by atoms with Crippen LogP contribution < -0.4 is 10.5 Å². The van der Waals surface area contributed by atoms with Gasteiger partial charge in [0.1, 0.15) is 17.9 Å². The second kappa shape index (κ2) is 12.8. The smallest absolute Gasteiger partial charge is 0.307 e. The van der Waals surface area contributed by atoms with Crippen LogP contribution in [0.2, 0.25) is 0 Å². The summed E-state index contributed by atoms with van der Waals surface area (Å²) >= 11 is 0. The number of furan rings is 1. The van der Waals surface area contributed by atoms with Gasteiger partial charge in [-0.15, -0.1) is 0 Å². The standard InChI is InChI=1S/C36H37N3O4/c1-38-13-15-39(16-14-38)22-25-9-11-27(12-10-25)32-18-30(28-7-4-5-26(17-28)21-37)19-33-31(24-43-36(32)33)23-42-34-8-3-2-6-29(34)20-35(40)41/h2-12,17-19,24H,13-16,20-23,37H2,1H3,(H,40,41). The molecule has 4 aromatic carbocycles. The fraction of sp³-hybridized carbons (Fsp3) is 0.250. The van der Waals surface area contributed by atoms with Gasteiger partial charge in [-0.3, -0.25) is 9.69 Å². The van der Waals surface area contributed by atoms with Crippen molar-refractivity contribution in [3.05, 3.63) is 113 Å². The van der Waals surface area contributed by atoms with Crippen LogP contribution in [0.4, 0.5) is 0 Å². The Balaban J connectivity index is 1.34. The minimum Gasteiger partial charge on any atom is -0.488 e. The summed E-state index contributed by atoms with van der Waals surface area (Å²) in [6, 6.07) is 28.7. The minimum absolute atomic E-state index is 0.0983. The van der Waals surface area contributed by atoms with Crippen molar-refractivity contribution >= 4 is 16.9 Å². The molecular formula is C36H37N3O4. The Morgan fingerprint density at radius 2 is 1.65 bits per heavy atom. The first-order valence-corrected chi connectivity index (χ1v) is 14.7. The van der Waals surface area contributed by atoms with Crippen molar-refractivity contribution in [2.45, 2.75) is 26.1 Å². The molecule has 0 radical (unpaired) electrons. The average molecular weight is 576 g/mol. The number of hydrogen-bond donors (Lipinski definition) is 2. The number of carbonyl (C=O) groups is 1. The van der Waals surface area contributed by atoms with Crippen LogP contribution in [0.15, 0.2) is 95.6 Å². The number of piperazine rings is 1. The molecular weight excluding hydrogens is 538 g/mol. The maximum atomic E-state index is 11.4. The van der Waals surface area contributed by atoms with E-state index in [2.05, 4.69) is 65.4 Å². The molecule has 2 heterocycles. The SMILES string of the molecule is CN1CCN(Cc2ccc(-c3cc(-c4cccc(CN)c4)cc4c(COc5ccccc5CC(=O)O)coc34)cc2)CC1. The molecule has 0 bridgehead atoms. The number of aliphatic carboxylic acids is 1. The highest BCUT2D eigenvalue weighted by Crippen LogP contribution is 2.37. The highest BCUT2D eigenvalue weighted by Gasteiger charge is 2.18. The second-order valence-corrected chi connectivity index (χ2v) is 11.3. The molecule has 0 saturated carbocycles. The van der Waals surface area contributed by atoms with E-state index >= 15 is 0 Å². The Bertz CT molecular complexity index is 1720. The van der Waals surface area contributed by atoms with Crippen molar-refractivity contribution in [2.24, 2.45) is 5.73 Å². The molecule has 7 nitrogen and oxygen atoms in total. The van der Waals surface area contributed by atoms with E-state index in [1.807, 2.05) is 24.3 Å². The molecule has 1 fully saturated rings. The Morgan fingerprint density at radius 3 is 2.42 bits per heavy atom. The van der Waals surface area contributed by atoms with Crippen molar-refractivity contribution in [2.75, 3.05) is 33.2 Å². The van der Waals surface area contributed by atoms with Gasteiger partial charge in [0.2, 0.25) is 0 Å². The molecule has 0 unspecified atom stereocenters. The monoisotopic (exact) mass is 575 g/mol. The van der Waals surface area contributed by atoms with Gasteiger partial charge < -0.3 is 24.9 Å². The van der Waals surface area contributed by atoms with Crippen LogP contribution in [0.5, 0.6) is 5.75 Å². The fourth-order valence-corrected chi connectivity index (χ4v) is 5.72. The number of likely N-dealkylation sites (N-methyl/N-ethyl adjacent to an activating group) is 1. The van der Waals surface area contributed by atoms with Crippen molar-refractivity contribution in [3.8, 4) is 28.0 Å². The summed E-state index contributed by atoms with van der Waals surface area (Å²) in [7, 11) is 2.18. The number of carboxylic acids is 1. The number of hydrogen-bond acceptors (Lipinski definition) is 6. The number of fused-ring (bicyclic) bond motifs is 1. The van der Waals surface area contributed by atoms with Crippen molar-refractivity contribution in [3.63, 3.8) is 0 Å². The Kier molecular flexibility index (Phi) is 8.56. The van der Waals surface area contributed by atoms with Crippen molar-refractivity contribution in [1.82, 2.24) is 9.80 Å². The Hall–Kier alpha value is -4.43. The van der Waals surface area contributed by atoms with E-state index in [0.717, 1.165) is 77.1 Å². The third-order valence-electron chi connectivity index (χ3n) is 8.21. The third kappa shape index (κ3) is 6.65. The number of carboxylic acid groups (broad SMARTS) is 1. The largest absolute Gasteiger partial charge is 0.488 e. The van der Waals surface area contributed by atoms with Gasteiger partial charge in [0.25, 0.3) is 0 Å². The highest BCUT2D eigenvalue weighted by atomic mass is 16.5. The molecule has 7 heteroatoms. The molecule has 43 heavy (non-hydrogen) atoms. The molecule has 1 saturated heterocycles. The average Bonchev–Trinajstić information content (AvgIpc) is 3.44. The molecule has 3 N–H and O–H groups in total. The van der Waals surface area contributed by atoms with Crippen molar-refractivity contribution in [1.29, 1.82) is 0 Å². The van der Waals surface area contributed by atoms with Crippen LogP contribution in [0.25, 0.3) is 33.2 Å². The number of rotatable bonds is 10. The van der Waals surface area contributed by atoms with Gasteiger partial charge in [-0.05, 0) is 59.1 Å². The van der Waals surface area contributed by atoms with E-state index in [-0.39, 0.29) is 13.0 Å². The summed E-state index contributed by atoms with van der Waals surface area (Å²) in [5.74, 6) is -0.337. The number of nitrogens with two attached hydrogens (primary N) is 1. The number of nitrogens with zero attached hydrogens (tertiary/aromatic N) is 2. The molecule has 1 aromatic heterocycles. The first-order valence-electron chi connectivity index (χ1n) is 14.7. The fourth-order valence-electron chi connectivity index (χ4n) is 5.72. The van der Waals surface area contributed by atoms with Crippen LogP contribution in [0.3, 0.4) is 0 Å². The van der Waals surface area contributed by atoms with Crippen LogP contribution in [0, 0.1) is 0 Å². The second-order valence-electron chi connectivity index (χ2n) is 11.3. The van der Waals surface area contributed by atoms with Gasteiger partial charge in [0, 0.05) is 61.3 Å². The zero-order valence-electron chi connectivity index (χ0n) is 24.5. The lowest BCUT2D eigenvalue weighted by atomic mass is 9.94. The summed E-state index contributed by atoms with van der Waals surface area (Å²) in [6.07, 6.45) is 1.65. The van der Waals surface area contributed by atoms with Crippen LogP contribution in [-0.4, -0.2) is 54.1 Å². The molecule has 0 spiro atoms. The highest BCUT2D eigenvalue weighted by molar-refractivity contribution is 5.98. The quantitative estimate of drug-likeness (QED) is 0.206. The first kappa shape index (κ1) is 28.7. The molecule has 0 amide bonds. The third-order valence-corrected chi connectivity index (χ3v) is 8.21. The predicted octanol–water partition coefficient (Wildman–Crippen LogP) is 6.18. The molecule has 1 aliphatic heterocycles. The van der Waals surface area contributed by atoms with Gasteiger partial charge in [-0.25, -0.2) is 0 Å². The number of para-hydroxylation sites is 1. The van der Waals surface area contributed by atoms with E-state index in [1.165, 1.54) is 5.56 Å². The summed E-state index contributed by atoms with van der Waals surface area (Å²) in [4.78, 5) is 16.2. The zero-order chi connectivity index (χ0) is 29.8. The van der Waals surface area contributed by atoms with Gasteiger partial charge in [0.05, 0.1) is 12.7 Å². The summed E-state index contributed by atoms with van der Waals surface area (Å²) in [5.41, 5.74) is 14.9. The van der Waals surface area contributed by atoms with E-state index in [9.17, 15) is 9.90 Å². The molecule has 5 aromatic rings. The van der Waals surface area contributed by atoms with Gasteiger partial charge >= 0.3 is 5.97 Å². The number of benzene rings is 4. The topological polar surface area (TPSA) is 92.2 Å². The maximum absolute atomic E-state index is 11.4. The normalized spacial score (nSPS) is 14.3. The number of ether oxygens (including phenoxy) is 1. The summed E-state index contributed by atoms with van der Waals surface area (Å²) in [5, 5.41) is 10.3. The van der Waals surface area contributed by atoms with Gasteiger partial charge in [-0.2, -0.15) is 0 Å². The molecule has 6 rings (SSSR count). The van der Waals surface area contributed by atoms with Crippen molar-refractivity contribution < 1.29 is 19.1 Å². The summed E-state index contributed by atoms with van der Waals surface area (Å²) < 4.78 is 12.4. The Morgan fingerprint density at radius 1 is 0.860 bits per heavy atom. The molecule has 220 valence electrons. The molecule has 0 aliphatic carbocycles. The van der Waals surface area contributed by atoms with Gasteiger partial charge in [-0.1, -0.05) is 60.7 Å². The van der Waals surface area contributed by atoms with Crippen LogP contribution in [-0.2, 0) is 30.9 Å². The lowest BCUT2D eigenvalue weighted by Crippen LogP contribution is -2.43. The van der Waals surface area contributed by atoms with E-state index in [1.54, 1.807) is 18.4 Å². The zero-order valence-corrected chi connectivity index (χ0v) is 24.5. The lowest BCUT2D eigenvalue weighted by molar-refractivity contribution is -0.136. The predicted molar refractivity (Wildman–Crippen MR) is 170 cm³/mol. The van der Waals surface area contributed by atoms with E-state index in [4.69, 9.17) is 14.9 Å². The van der Waals surface area contributed by atoms with Gasteiger partial charge in [0.15, 0.2) is 0 Å². The molecule has 0 atom stereocenters. The first-order chi connectivity index (χ1) is 21.0. The van der Waals surface area contributed by atoms with Crippen LogP contribution >= 0.6 is 0 Å². The maximum Gasteiger partial charge on any atom is 0.307 e. The minimum atomic E-state index is -0.895. The Labute approximate surface area is 252 Å². The lowest BCUT2D eigenvalue weighted by Gasteiger charge is -2.32.